The summed E-state index contributed by atoms with van der Waals surface area (Å²) in [7, 11) is 0. The lowest BCUT2D eigenvalue weighted by molar-refractivity contribution is 0.0671. The van der Waals surface area contributed by atoms with E-state index >= 15 is 0 Å². The Kier molecular flexibility index (Phi) is 3.67. The fourth-order valence-electron chi connectivity index (χ4n) is 3.96. The number of aromatic amines is 1. The lowest BCUT2D eigenvalue weighted by atomic mass is 10.0. The maximum atomic E-state index is 12.9. The van der Waals surface area contributed by atoms with E-state index in [2.05, 4.69) is 26.7 Å². The molecule has 1 atom stereocenters. The monoisotopic (exact) mass is 313 g/mol. The number of nitrogens with zero attached hydrogens (tertiary/aromatic N) is 4. The highest BCUT2D eigenvalue weighted by atomic mass is 16.2. The summed E-state index contributed by atoms with van der Waals surface area (Å²) in [4.78, 5) is 19.3. The summed E-state index contributed by atoms with van der Waals surface area (Å²) in [6.45, 7) is 3.70. The minimum absolute atomic E-state index is 0.0901. The quantitative estimate of drug-likeness (QED) is 0.944. The number of carbonyl (C=O) groups excluding carboxylic acids is 1. The van der Waals surface area contributed by atoms with Gasteiger partial charge in [0.15, 0.2) is 5.69 Å². The third-order valence-corrected chi connectivity index (χ3v) is 5.15. The molecule has 0 saturated carbocycles. The molecule has 1 unspecified atom stereocenters. The number of piperidine rings is 1. The third kappa shape index (κ3) is 2.46. The Morgan fingerprint density at radius 1 is 1.39 bits per heavy atom. The van der Waals surface area contributed by atoms with Gasteiger partial charge in [-0.15, -0.1) is 0 Å². The van der Waals surface area contributed by atoms with Crippen molar-refractivity contribution in [2.75, 3.05) is 13.1 Å². The summed E-state index contributed by atoms with van der Waals surface area (Å²) >= 11 is 0. The van der Waals surface area contributed by atoms with Crippen LogP contribution in [0.25, 0.3) is 0 Å². The number of rotatable bonds is 3. The molecule has 1 fully saturated rings. The van der Waals surface area contributed by atoms with Crippen molar-refractivity contribution in [1.82, 2.24) is 24.6 Å². The first-order chi connectivity index (χ1) is 11.3. The second-order valence-corrected chi connectivity index (χ2v) is 6.53. The molecule has 6 nitrogen and oxygen atoms in total. The van der Waals surface area contributed by atoms with Crippen molar-refractivity contribution in [3.63, 3.8) is 0 Å². The molecule has 122 valence electrons. The Hall–Kier alpha value is -2.11. The number of H-pyrrole nitrogens is 1. The minimum atomic E-state index is 0.0901. The first kappa shape index (κ1) is 14.5. The highest BCUT2D eigenvalue weighted by Gasteiger charge is 2.30. The Balaban J connectivity index is 1.54. The molecular formula is C17H23N5O. The fraction of sp³-hybridized carbons (Fsp3) is 0.588. The summed E-state index contributed by atoms with van der Waals surface area (Å²) < 4.78 is 2.24. The maximum absolute atomic E-state index is 12.9. The van der Waals surface area contributed by atoms with Crippen LogP contribution in [0, 0.1) is 0 Å². The van der Waals surface area contributed by atoms with Crippen LogP contribution in [0.5, 0.6) is 0 Å². The van der Waals surface area contributed by atoms with Gasteiger partial charge in [0.25, 0.3) is 5.91 Å². The van der Waals surface area contributed by atoms with Crippen LogP contribution < -0.4 is 0 Å². The SMILES string of the molecule is CCc1nccn1C1CCCN(C(=O)c2n[nH]c3c2CCC3)C1. The normalized spacial score (nSPS) is 20.7. The Bertz CT molecular complexity index is 716. The predicted octanol–water partition coefficient (Wildman–Crippen LogP) is 2.13. The van der Waals surface area contributed by atoms with Crippen LogP contribution in [0.15, 0.2) is 12.4 Å². The molecule has 1 saturated heterocycles. The van der Waals surface area contributed by atoms with Crippen molar-refractivity contribution in [2.24, 2.45) is 0 Å². The van der Waals surface area contributed by atoms with Crippen LogP contribution in [-0.4, -0.2) is 43.6 Å². The van der Waals surface area contributed by atoms with Crippen molar-refractivity contribution >= 4 is 5.91 Å². The molecule has 23 heavy (non-hydrogen) atoms. The zero-order valence-electron chi connectivity index (χ0n) is 13.6. The van der Waals surface area contributed by atoms with E-state index in [0.717, 1.165) is 68.7 Å². The van der Waals surface area contributed by atoms with Crippen LogP contribution in [0.1, 0.15) is 59.8 Å². The molecule has 0 spiro atoms. The van der Waals surface area contributed by atoms with Gasteiger partial charge in [-0.3, -0.25) is 9.89 Å². The molecule has 1 N–H and O–H groups in total. The van der Waals surface area contributed by atoms with E-state index in [0.29, 0.717) is 11.7 Å². The van der Waals surface area contributed by atoms with Crippen LogP contribution in [-0.2, 0) is 19.3 Å². The number of likely N-dealkylation sites (tertiary alicyclic amines) is 1. The molecule has 0 aromatic carbocycles. The summed E-state index contributed by atoms with van der Waals surface area (Å²) in [5.41, 5.74) is 2.96. The first-order valence-electron chi connectivity index (χ1n) is 8.65. The zero-order valence-corrected chi connectivity index (χ0v) is 13.6. The number of aryl methyl sites for hydroxylation is 2. The van der Waals surface area contributed by atoms with Gasteiger partial charge in [0, 0.05) is 43.2 Å². The smallest absolute Gasteiger partial charge is 0.274 e. The van der Waals surface area contributed by atoms with E-state index in [9.17, 15) is 4.79 Å². The van der Waals surface area contributed by atoms with Crippen LogP contribution in [0.4, 0.5) is 0 Å². The Morgan fingerprint density at radius 3 is 3.17 bits per heavy atom. The van der Waals surface area contributed by atoms with Gasteiger partial charge in [-0.05, 0) is 32.1 Å². The number of carbonyl (C=O) groups is 1. The Labute approximate surface area is 135 Å². The van der Waals surface area contributed by atoms with Gasteiger partial charge in [-0.25, -0.2) is 4.98 Å². The van der Waals surface area contributed by atoms with Gasteiger partial charge in [-0.2, -0.15) is 5.10 Å². The molecule has 2 aromatic rings. The second-order valence-electron chi connectivity index (χ2n) is 6.53. The van der Waals surface area contributed by atoms with E-state index in [-0.39, 0.29) is 5.91 Å². The van der Waals surface area contributed by atoms with E-state index < -0.39 is 0 Å². The van der Waals surface area contributed by atoms with Gasteiger partial charge in [0.05, 0.1) is 6.04 Å². The molecule has 4 rings (SSSR count). The van der Waals surface area contributed by atoms with E-state index in [1.807, 2.05) is 17.3 Å². The van der Waals surface area contributed by atoms with E-state index in [1.54, 1.807) is 0 Å². The van der Waals surface area contributed by atoms with Crippen molar-refractivity contribution in [3.8, 4) is 0 Å². The molecule has 1 aliphatic heterocycles. The molecule has 0 bridgehead atoms. The van der Waals surface area contributed by atoms with Gasteiger partial charge in [0.2, 0.25) is 0 Å². The van der Waals surface area contributed by atoms with E-state index in [4.69, 9.17) is 0 Å². The fourth-order valence-corrected chi connectivity index (χ4v) is 3.96. The number of amides is 1. The topological polar surface area (TPSA) is 66.8 Å². The van der Waals surface area contributed by atoms with Crippen molar-refractivity contribution in [3.05, 3.63) is 35.2 Å². The first-order valence-corrected chi connectivity index (χ1v) is 8.65. The molecule has 1 amide bonds. The van der Waals surface area contributed by atoms with Crippen LogP contribution in [0.2, 0.25) is 0 Å². The minimum Gasteiger partial charge on any atom is -0.335 e. The lowest BCUT2D eigenvalue weighted by Gasteiger charge is -2.33. The molecule has 3 heterocycles. The molecular weight excluding hydrogens is 290 g/mol. The largest absolute Gasteiger partial charge is 0.335 e. The van der Waals surface area contributed by atoms with Crippen molar-refractivity contribution in [2.45, 2.75) is 51.5 Å². The summed E-state index contributed by atoms with van der Waals surface area (Å²) in [6.07, 6.45) is 10.1. The standard InChI is InChI=1S/C17H23N5O/c1-2-15-18-8-10-22(15)12-5-4-9-21(11-12)17(23)16-13-6-3-7-14(13)19-20-16/h8,10,12H,2-7,9,11H2,1H3,(H,19,20). The average molecular weight is 313 g/mol. The Morgan fingerprint density at radius 2 is 2.30 bits per heavy atom. The molecule has 1 aliphatic carbocycles. The highest BCUT2D eigenvalue weighted by molar-refractivity contribution is 5.94. The van der Waals surface area contributed by atoms with E-state index in [1.165, 1.54) is 0 Å². The molecule has 2 aliphatic rings. The molecule has 6 heteroatoms. The lowest BCUT2D eigenvalue weighted by Crippen LogP contribution is -2.41. The summed E-state index contributed by atoms with van der Waals surface area (Å²) in [5, 5.41) is 7.35. The number of hydrogen-bond donors (Lipinski definition) is 1. The number of fused-ring (bicyclic) bond motifs is 1. The highest BCUT2D eigenvalue weighted by Crippen LogP contribution is 2.27. The van der Waals surface area contributed by atoms with Crippen molar-refractivity contribution < 1.29 is 4.79 Å². The summed E-state index contributed by atoms with van der Waals surface area (Å²) in [6, 6.07) is 0.331. The summed E-state index contributed by atoms with van der Waals surface area (Å²) in [5.74, 6) is 1.19. The average Bonchev–Trinajstić information content (AvgIpc) is 3.30. The van der Waals surface area contributed by atoms with Gasteiger partial charge in [0.1, 0.15) is 5.82 Å². The van der Waals surface area contributed by atoms with Gasteiger partial charge >= 0.3 is 0 Å². The second kappa shape index (κ2) is 5.83. The van der Waals surface area contributed by atoms with Crippen LogP contribution in [0.3, 0.4) is 0 Å². The van der Waals surface area contributed by atoms with Gasteiger partial charge < -0.3 is 9.47 Å². The number of aromatic nitrogens is 4. The molecule has 2 aromatic heterocycles. The van der Waals surface area contributed by atoms with Crippen LogP contribution >= 0.6 is 0 Å². The number of imidazole rings is 1. The number of nitrogens with one attached hydrogen (secondary N) is 1. The van der Waals surface area contributed by atoms with Gasteiger partial charge in [-0.1, -0.05) is 6.92 Å². The third-order valence-electron chi connectivity index (χ3n) is 5.15. The van der Waals surface area contributed by atoms with Crippen molar-refractivity contribution in [1.29, 1.82) is 0 Å². The maximum Gasteiger partial charge on any atom is 0.274 e. The molecule has 0 radical (unpaired) electrons. The number of hydrogen-bond acceptors (Lipinski definition) is 3. The zero-order chi connectivity index (χ0) is 15.8. The predicted molar refractivity (Wildman–Crippen MR) is 86.4 cm³/mol.